The molecule has 1 saturated heterocycles. The molecule has 1 aromatic carbocycles. The molecule has 0 atom stereocenters. The van der Waals surface area contributed by atoms with E-state index in [0.29, 0.717) is 39.3 Å². The molecule has 94 valence electrons. The standard InChI is InChI=1S/C12H16F2N2O/c13-10-7-9(1-2-15)12(8-11(10)14)16-3-5-17-6-4-16/h7-8H,1-6,15H2. The van der Waals surface area contributed by atoms with Crippen molar-refractivity contribution in [2.24, 2.45) is 5.73 Å². The highest BCUT2D eigenvalue weighted by molar-refractivity contribution is 5.54. The van der Waals surface area contributed by atoms with Crippen molar-refractivity contribution >= 4 is 5.69 Å². The van der Waals surface area contributed by atoms with Gasteiger partial charge in [0.1, 0.15) is 0 Å². The van der Waals surface area contributed by atoms with E-state index in [4.69, 9.17) is 10.5 Å². The van der Waals surface area contributed by atoms with E-state index in [-0.39, 0.29) is 0 Å². The Balaban J connectivity index is 2.32. The lowest BCUT2D eigenvalue weighted by molar-refractivity contribution is 0.122. The molecule has 0 unspecified atom stereocenters. The van der Waals surface area contributed by atoms with Crippen LogP contribution in [0.2, 0.25) is 0 Å². The van der Waals surface area contributed by atoms with Crippen LogP contribution in [0.25, 0.3) is 0 Å². The second-order valence-corrected chi connectivity index (χ2v) is 4.03. The molecule has 3 nitrogen and oxygen atoms in total. The number of nitrogens with two attached hydrogens (primary N) is 1. The van der Waals surface area contributed by atoms with Gasteiger partial charge in [-0.05, 0) is 24.6 Å². The van der Waals surface area contributed by atoms with Gasteiger partial charge in [-0.3, -0.25) is 0 Å². The zero-order chi connectivity index (χ0) is 12.3. The number of nitrogens with zero attached hydrogens (tertiary/aromatic N) is 1. The van der Waals surface area contributed by atoms with Crippen LogP contribution in [0.3, 0.4) is 0 Å². The third-order valence-corrected chi connectivity index (χ3v) is 2.89. The van der Waals surface area contributed by atoms with E-state index < -0.39 is 11.6 Å². The number of ether oxygens (including phenoxy) is 1. The average molecular weight is 242 g/mol. The molecular formula is C12H16F2N2O. The van der Waals surface area contributed by atoms with Crippen molar-refractivity contribution in [3.05, 3.63) is 29.3 Å². The Morgan fingerprint density at radius 1 is 1.18 bits per heavy atom. The zero-order valence-electron chi connectivity index (χ0n) is 9.59. The van der Waals surface area contributed by atoms with Crippen molar-refractivity contribution in [1.29, 1.82) is 0 Å². The summed E-state index contributed by atoms with van der Waals surface area (Å²) in [5.74, 6) is -1.63. The van der Waals surface area contributed by atoms with Gasteiger partial charge in [-0.2, -0.15) is 0 Å². The molecule has 5 heteroatoms. The lowest BCUT2D eigenvalue weighted by atomic mass is 10.1. The largest absolute Gasteiger partial charge is 0.378 e. The second-order valence-electron chi connectivity index (χ2n) is 4.03. The van der Waals surface area contributed by atoms with E-state index in [1.165, 1.54) is 12.1 Å². The van der Waals surface area contributed by atoms with Crippen LogP contribution < -0.4 is 10.6 Å². The minimum atomic E-state index is -0.814. The van der Waals surface area contributed by atoms with Crippen molar-refractivity contribution in [2.45, 2.75) is 6.42 Å². The van der Waals surface area contributed by atoms with Crippen LogP contribution in [0, 0.1) is 11.6 Å². The normalized spacial score (nSPS) is 16.3. The highest BCUT2D eigenvalue weighted by Gasteiger charge is 2.17. The Hall–Kier alpha value is -1.20. The summed E-state index contributed by atoms with van der Waals surface area (Å²) in [6, 6.07) is 2.50. The number of benzene rings is 1. The number of anilines is 1. The van der Waals surface area contributed by atoms with Crippen molar-refractivity contribution in [3.63, 3.8) is 0 Å². The maximum Gasteiger partial charge on any atom is 0.160 e. The number of hydrogen-bond acceptors (Lipinski definition) is 3. The molecule has 2 N–H and O–H groups in total. The molecule has 1 fully saturated rings. The molecule has 0 amide bonds. The van der Waals surface area contributed by atoms with Crippen LogP contribution >= 0.6 is 0 Å². The Bertz CT molecular complexity index is 392. The van der Waals surface area contributed by atoms with Crippen LogP contribution in [-0.2, 0) is 11.2 Å². The van der Waals surface area contributed by atoms with E-state index in [2.05, 4.69) is 0 Å². The minimum Gasteiger partial charge on any atom is -0.378 e. The Kier molecular flexibility index (Phi) is 3.91. The van der Waals surface area contributed by atoms with Gasteiger partial charge in [0.25, 0.3) is 0 Å². The van der Waals surface area contributed by atoms with Crippen molar-refractivity contribution in [2.75, 3.05) is 37.7 Å². The lowest BCUT2D eigenvalue weighted by Gasteiger charge is -2.30. The average Bonchev–Trinajstić information content (AvgIpc) is 2.35. The molecule has 0 spiro atoms. The first-order valence-electron chi connectivity index (χ1n) is 5.73. The molecule has 0 bridgehead atoms. The Morgan fingerprint density at radius 3 is 2.47 bits per heavy atom. The van der Waals surface area contributed by atoms with Gasteiger partial charge in [-0.1, -0.05) is 0 Å². The molecule has 0 aliphatic carbocycles. The Labute approximate surface area is 99.2 Å². The maximum absolute atomic E-state index is 13.3. The molecule has 17 heavy (non-hydrogen) atoms. The van der Waals surface area contributed by atoms with Gasteiger partial charge in [0.2, 0.25) is 0 Å². The fourth-order valence-electron chi connectivity index (χ4n) is 2.03. The number of morpholine rings is 1. The SMILES string of the molecule is NCCc1cc(F)c(F)cc1N1CCOCC1. The maximum atomic E-state index is 13.3. The van der Waals surface area contributed by atoms with Crippen molar-refractivity contribution in [1.82, 2.24) is 0 Å². The lowest BCUT2D eigenvalue weighted by Crippen LogP contribution is -2.37. The third-order valence-electron chi connectivity index (χ3n) is 2.89. The predicted octanol–water partition coefficient (Wildman–Crippen LogP) is 1.30. The topological polar surface area (TPSA) is 38.5 Å². The first kappa shape index (κ1) is 12.3. The third kappa shape index (κ3) is 2.73. The molecule has 1 aromatic rings. The monoisotopic (exact) mass is 242 g/mol. The first-order chi connectivity index (χ1) is 8.22. The number of hydrogen-bond donors (Lipinski definition) is 1. The van der Waals surface area contributed by atoms with Gasteiger partial charge < -0.3 is 15.4 Å². The van der Waals surface area contributed by atoms with Crippen LogP contribution in [0.1, 0.15) is 5.56 Å². The zero-order valence-corrected chi connectivity index (χ0v) is 9.59. The summed E-state index contributed by atoms with van der Waals surface area (Å²) < 4.78 is 31.7. The molecule has 1 aliphatic heterocycles. The fourth-order valence-corrected chi connectivity index (χ4v) is 2.03. The minimum absolute atomic E-state index is 0.419. The quantitative estimate of drug-likeness (QED) is 0.868. The van der Waals surface area contributed by atoms with E-state index in [1.807, 2.05) is 4.90 Å². The number of rotatable bonds is 3. The van der Waals surface area contributed by atoms with E-state index in [0.717, 1.165) is 11.3 Å². The summed E-state index contributed by atoms with van der Waals surface area (Å²) in [6.45, 7) is 3.04. The van der Waals surface area contributed by atoms with Crippen LogP contribution in [0.5, 0.6) is 0 Å². The predicted molar refractivity (Wildman–Crippen MR) is 62.1 cm³/mol. The van der Waals surface area contributed by atoms with Crippen molar-refractivity contribution < 1.29 is 13.5 Å². The van der Waals surface area contributed by atoms with Gasteiger partial charge in [0, 0.05) is 24.8 Å². The van der Waals surface area contributed by atoms with Crippen LogP contribution in [0.4, 0.5) is 14.5 Å². The number of halogens is 2. The van der Waals surface area contributed by atoms with E-state index >= 15 is 0 Å². The van der Waals surface area contributed by atoms with Gasteiger partial charge in [-0.15, -0.1) is 0 Å². The molecule has 0 radical (unpaired) electrons. The molecule has 2 rings (SSSR count). The van der Waals surface area contributed by atoms with E-state index in [1.54, 1.807) is 0 Å². The summed E-state index contributed by atoms with van der Waals surface area (Å²) in [5.41, 5.74) is 6.98. The molecule has 0 saturated carbocycles. The summed E-state index contributed by atoms with van der Waals surface area (Å²) in [6.07, 6.45) is 0.546. The van der Waals surface area contributed by atoms with Gasteiger partial charge in [-0.25, -0.2) is 8.78 Å². The van der Waals surface area contributed by atoms with Crippen molar-refractivity contribution in [3.8, 4) is 0 Å². The van der Waals surface area contributed by atoms with Gasteiger partial charge in [0.05, 0.1) is 13.2 Å². The first-order valence-corrected chi connectivity index (χ1v) is 5.73. The van der Waals surface area contributed by atoms with Crippen LogP contribution in [-0.4, -0.2) is 32.8 Å². The molecule has 1 heterocycles. The van der Waals surface area contributed by atoms with E-state index in [9.17, 15) is 8.78 Å². The summed E-state index contributed by atoms with van der Waals surface area (Å²) >= 11 is 0. The summed E-state index contributed by atoms with van der Waals surface area (Å²) in [7, 11) is 0. The fraction of sp³-hybridized carbons (Fsp3) is 0.500. The van der Waals surface area contributed by atoms with Crippen LogP contribution in [0.15, 0.2) is 12.1 Å². The summed E-state index contributed by atoms with van der Waals surface area (Å²) in [5, 5.41) is 0. The van der Waals surface area contributed by atoms with Gasteiger partial charge >= 0.3 is 0 Å². The van der Waals surface area contributed by atoms with Gasteiger partial charge in [0.15, 0.2) is 11.6 Å². The molecule has 1 aliphatic rings. The Morgan fingerprint density at radius 2 is 1.82 bits per heavy atom. The second kappa shape index (κ2) is 5.42. The summed E-state index contributed by atoms with van der Waals surface area (Å²) in [4.78, 5) is 2.01. The molecular weight excluding hydrogens is 226 g/mol. The highest BCUT2D eigenvalue weighted by Crippen LogP contribution is 2.25. The highest BCUT2D eigenvalue weighted by atomic mass is 19.2. The molecule has 0 aromatic heterocycles. The smallest absolute Gasteiger partial charge is 0.160 e.